The second-order valence-corrected chi connectivity index (χ2v) is 10.6. The van der Waals surface area contributed by atoms with Crippen LogP contribution in [-0.2, 0) is 21.4 Å². The molecule has 0 bridgehead atoms. The Bertz CT molecular complexity index is 1410. The summed E-state index contributed by atoms with van der Waals surface area (Å²) in [7, 11) is -4.30. The molecule has 5 rings (SSSR count). The van der Waals surface area contributed by atoms with Crippen LogP contribution >= 0.6 is 11.3 Å². The third-order valence-electron chi connectivity index (χ3n) is 5.56. The number of hydrogen-bond donors (Lipinski definition) is 0. The number of anilines is 1. The fourth-order valence-electron chi connectivity index (χ4n) is 4.03. The number of amides is 2. The Balaban J connectivity index is 1.49. The van der Waals surface area contributed by atoms with E-state index in [9.17, 15) is 22.4 Å². The van der Waals surface area contributed by atoms with Crippen molar-refractivity contribution in [1.82, 2.24) is 4.31 Å². The van der Waals surface area contributed by atoms with E-state index in [2.05, 4.69) is 0 Å². The Morgan fingerprint density at radius 2 is 1.91 bits per heavy atom. The fourth-order valence-corrected chi connectivity index (χ4v) is 6.43. The van der Waals surface area contributed by atoms with Crippen LogP contribution in [0.5, 0.6) is 11.5 Å². The third-order valence-corrected chi connectivity index (χ3v) is 8.35. The van der Waals surface area contributed by atoms with Gasteiger partial charge in [0.25, 0.3) is 15.9 Å². The SMILES string of the molecule is Cc1cc(F)cc2c1S(=O)(=O)N(CC(=O)N(Cc1cccs1)c1ccc3c(c1)OCCO3)C2=O. The number of benzene rings is 2. The number of carbonyl (C=O) groups is 2. The van der Waals surface area contributed by atoms with E-state index < -0.39 is 34.2 Å². The molecule has 0 atom stereocenters. The second kappa shape index (κ2) is 8.41. The van der Waals surface area contributed by atoms with Crippen LogP contribution in [0.1, 0.15) is 20.8 Å². The first-order valence-corrected chi connectivity index (χ1v) is 12.7. The number of aryl methyl sites for hydroxylation is 1. The molecule has 0 aliphatic carbocycles. The minimum Gasteiger partial charge on any atom is -0.486 e. The summed E-state index contributed by atoms with van der Waals surface area (Å²) in [6.45, 7) is 1.63. The maximum absolute atomic E-state index is 13.9. The number of sulfonamides is 1. The van der Waals surface area contributed by atoms with Crippen LogP contribution in [-0.4, -0.2) is 44.3 Å². The molecule has 34 heavy (non-hydrogen) atoms. The van der Waals surface area contributed by atoms with E-state index in [0.29, 0.717) is 34.7 Å². The van der Waals surface area contributed by atoms with Crippen molar-refractivity contribution in [2.45, 2.75) is 18.4 Å². The molecule has 0 saturated carbocycles. The number of thiophene rings is 1. The molecular formula is C23H19FN2O6S2. The van der Waals surface area contributed by atoms with Crippen LogP contribution in [0, 0.1) is 12.7 Å². The van der Waals surface area contributed by atoms with Crippen molar-refractivity contribution in [2.24, 2.45) is 0 Å². The molecule has 8 nitrogen and oxygen atoms in total. The van der Waals surface area contributed by atoms with Gasteiger partial charge in [-0.1, -0.05) is 6.07 Å². The largest absolute Gasteiger partial charge is 0.486 e. The first-order valence-electron chi connectivity index (χ1n) is 10.4. The molecule has 0 unspecified atom stereocenters. The Morgan fingerprint density at radius 1 is 1.15 bits per heavy atom. The molecule has 2 aliphatic heterocycles. The molecule has 0 N–H and O–H groups in total. The smallest absolute Gasteiger partial charge is 0.269 e. The Morgan fingerprint density at radius 3 is 2.65 bits per heavy atom. The van der Waals surface area contributed by atoms with Gasteiger partial charge in [-0.15, -0.1) is 11.3 Å². The van der Waals surface area contributed by atoms with Crippen LogP contribution in [0.25, 0.3) is 0 Å². The van der Waals surface area contributed by atoms with E-state index in [1.165, 1.54) is 23.2 Å². The van der Waals surface area contributed by atoms with Gasteiger partial charge in [0.2, 0.25) is 5.91 Å². The van der Waals surface area contributed by atoms with Gasteiger partial charge in [0.15, 0.2) is 11.5 Å². The molecule has 0 saturated heterocycles. The standard InChI is InChI=1S/C23H19FN2O6S2/c1-14-9-15(24)10-18-22(14)34(29,30)26(23(18)28)13-21(27)25(12-17-3-2-8-33-17)16-4-5-19-20(11-16)32-7-6-31-19/h2-5,8-11H,6-7,12-13H2,1H3. The predicted molar refractivity (Wildman–Crippen MR) is 122 cm³/mol. The Hall–Kier alpha value is -3.44. The highest BCUT2D eigenvalue weighted by Crippen LogP contribution is 2.36. The monoisotopic (exact) mass is 502 g/mol. The van der Waals surface area contributed by atoms with Gasteiger partial charge in [-0.3, -0.25) is 9.59 Å². The van der Waals surface area contributed by atoms with Gasteiger partial charge < -0.3 is 14.4 Å². The highest BCUT2D eigenvalue weighted by molar-refractivity contribution is 7.90. The van der Waals surface area contributed by atoms with E-state index in [-0.39, 0.29) is 22.6 Å². The number of hydrogen-bond acceptors (Lipinski definition) is 7. The first-order chi connectivity index (χ1) is 16.3. The van der Waals surface area contributed by atoms with Crippen molar-refractivity contribution >= 4 is 38.9 Å². The lowest BCUT2D eigenvalue weighted by Crippen LogP contribution is -2.42. The molecular weight excluding hydrogens is 483 g/mol. The summed E-state index contributed by atoms with van der Waals surface area (Å²) in [4.78, 5) is 28.3. The zero-order chi connectivity index (χ0) is 24.0. The highest BCUT2D eigenvalue weighted by atomic mass is 32.2. The molecule has 2 aromatic carbocycles. The normalized spacial score (nSPS) is 15.8. The number of nitrogens with zero attached hydrogens (tertiary/aromatic N) is 2. The van der Waals surface area contributed by atoms with Gasteiger partial charge in [-0.2, -0.15) is 0 Å². The van der Waals surface area contributed by atoms with Gasteiger partial charge in [0.1, 0.15) is 30.5 Å². The molecule has 1 aromatic heterocycles. The molecule has 3 aromatic rings. The molecule has 2 amide bonds. The molecule has 0 fully saturated rings. The highest BCUT2D eigenvalue weighted by Gasteiger charge is 2.44. The average molecular weight is 503 g/mol. The zero-order valence-corrected chi connectivity index (χ0v) is 19.6. The summed E-state index contributed by atoms with van der Waals surface area (Å²) < 4.78 is 51.8. The average Bonchev–Trinajstić information content (AvgIpc) is 3.38. The van der Waals surface area contributed by atoms with Crippen LogP contribution in [0.3, 0.4) is 0 Å². The lowest BCUT2D eigenvalue weighted by atomic mass is 10.1. The van der Waals surface area contributed by atoms with E-state index in [1.54, 1.807) is 18.2 Å². The fraction of sp³-hybridized carbons (Fsp3) is 0.217. The van der Waals surface area contributed by atoms with Gasteiger partial charge in [-0.05, 0) is 48.2 Å². The number of rotatable bonds is 5. The van der Waals surface area contributed by atoms with Crippen molar-refractivity contribution in [3.63, 3.8) is 0 Å². The number of ether oxygens (including phenoxy) is 2. The Labute approximate surface area is 199 Å². The van der Waals surface area contributed by atoms with Gasteiger partial charge in [0, 0.05) is 16.6 Å². The quantitative estimate of drug-likeness (QED) is 0.531. The molecule has 11 heteroatoms. The van der Waals surface area contributed by atoms with E-state index in [0.717, 1.165) is 17.0 Å². The van der Waals surface area contributed by atoms with Crippen molar-refractivity contribution in [3.8, 4) is 11.5 Å². The summed E-state index contributed by atoms with van der Waals surface area (Å²) in [5, 5.41) is 1.87. The lowest BCUT2D eigenvalue weighted by molar-refractivity contribution is -0.118. The summed E-state index contributed by atoms with van der Waals surface area (Å²) in [6, 6.07) is 10.6. The van der Waals surface area contributed by atoms with Crippen molar-refractivity contribution in [2.75, 3.05) is 24.7 Å². The van der Waals surface area contributed by atoms with E-state index in [1.807, 2.05) is 17.5 Å². The van der Waals surface area contributed by atoms with Crippen molar-refractivity contribution in [1.29, 1.82) is 0 Å². The van der Waals surface area contributed by atoms with E-state index in [4.69, 9.17) is 9.47 Å². The van der Waals surface area contributed by atoms with Gasteiger partial charge >= 0.3 is 0 Å². The van der Waals surface area contributed by atoms with Gasteiger partial charge in [-0.25, -0.2) is 17.1 Å². The molecule has 176 valence electrons. The van der Waals surface area contributed by atoms with Crippen LogP contribution in [0.15, 0.2) is 52.7 Å². The Kier molecular flexibility index (Phi) is 5.53. The van der Waals surface area contributed by atoms with Crippen LogP contribution < -0.4 is 14.4 Å². The maximum Gasteiger partial charge on any atom is 0.269 e. The minimum atomic E-state index is -4.30. The predicted octanol–water partition coefficient (Wildman–Crippen LogP) is 3.34. The van der Waals surface area contributed by atoms with Gasteiger partial charge in [0.05, 0.1) is 12.1 Å². The topological polar surface area (TPSA) is 93.2 Å². The van der Waals surface area contributed by atoms with E-state index >= 15 is 0 Å². The molecule has 2 aliphatic rings. The molecule has 3 heterocycles. The van der Waals surface area contributed by atoms with Crippen molar-refractivity contribution < 1.29 is 31.9 Å². The number of carbonyl (C=O) groups excluding carboxylic acids is 2. The second-order valence-electron chi connectivity index (χ2n) is 7.80. The third kappa shape index (κ3) is 3.80. The zero-order valence-electron chi connectivity index (χ0n) is 18.0. The first kappa shape index (κ1) is 22.4. The summed E-state index contributed by atoms with van der Waals surface area (Å²) in [5.74, 6) is -1.25. The molecule has 0 spiro atoms. The molecule has 0 radical (unpaired) electrons. The van der Waals surface area contributed by atoms with Crippen LogP contribution in [0.4, 0.5) is 10.1 Å². The summed E-state index contributed by atoms with van der Waals surface area (Å²) in [5.41, 5.74) is 0.307. The lowest BCUT2D eigenvalue weighted by Gasteiger charge is -2.26. The number of fused-ring (bicyclic) bond motifs is 2. The summed E-state index contributed by atoms with van der Waals surface area (Å²) in [6.07, 6.45) is 0. The van der Waals surface area contributed by atoms with Crippen molar-refractivity contribution in [3.05, 3.63) is 69.7 Å². The minimum absolute atomic E-state index is 0.112. The summed E-state index contributed by atoms with van der Waals surface area (Å²) >= 11 is 1.44. The maximum atomic E-state index is 13.9. The van der Waals surface area contributed by atoms with Crippen LogP contribution in [0.2, 0.25) is 0 Å². The number of halogens is 1.